The zero-order chi connectivity index (χ0) is 16.8. The van der Waals surface area contributed by atoms with Crippen molar-refractivity contribution in [2.24, 2.45) is 0 Å². The van der Waals surface area contributed by atoms with Crippen LogP contribution in [0.15, 0.2) is 42.6 Å². The Morgan fingerprint density at radius 3 is 2.62 bits per heavy atom. The number of rotatable bonds is 5. The molecule has 3 rings (SSSR count). The van der Waals surface area contributed by atoms with E-state index in [9.17, 15) is 5.26 Å². The van der Waals surface area contributed by atoms with Crippen molar-refractivity contribution >= 4 is 11.6 Å². The molecule has 0 spiro atoms. The number of allylic oxidation sites excluding steroid dienone is 1. The van der Waals surface area contributed by atoms with Crippen molar-refractivity contribution in [3.63, 3.8) is 0 Å². The Kier molecular flexibility index (Phi) is 5.12. The van der Waals surface area contributed by atoms with Gasteiger partial charge in [-0.3, -0.25) is 4.98 Å². The summed E-state index contributed by atoms with van der Waals surface area (Å²) in [6.07, 6.45) is 8.22. The number of ether oxygens (including phenoxy) is 2. The van der Waals surface area contributed by atoms with Crippen LogP contribution in [0, 0.1) is 11.3 Å². The molecular weight excluding hydrogens is 300 g/mol. The molecule has 1 saturated carbocycles. The Balaban J connectivity index is 1.90. The zero-order valence-electron chi connectivity index (χ0n) is 13.7. The van der Waals surface area contributed by atoms with E-state index in [0.717, 1.165) is 18.4 Å². The Labute approximate surface area is 142 Å². The van der Waals surface area contributed by atoms with Gasteiger partial charge in [-0.2, -0.15) is 5.26 Å². The normalized spacial score (nSPS) is 15.1. The zero-order valence-corrected chi connectivity index (χ0v) is 13.7. The minimum atomic E-state index is 0.239. The minimum Gasteiger partial charge on any atom is -0.491 e. The summed E-state index contributed by atoms with van der Waals surface area (Å²) in [5.41, 5.74) is 2.13. The first kappa shape index (κ1) is 16.1. The van der Waals surface area contributed by atoms with Crippen LogP contribution >= 0.6 is 0 Å². The Bertz CT molecular complexity index is 757. The molecule has 4 nitrogen and oxygen atoms in total. The van der Waals surface area contributed by atoms with Crippen LogP contribution in [-0.2, 0) is 0 Å². The Morgan fingerprint density at radius 2 is 1.96 bits per heavy atom. The highest BCUT2D eigenvalue weighted by Crippen LogP contribution is 2.32. The van der Waals surface area contributed by atoms with E-state index in [4.69, 9.17) is 9.47 Å². The molecule has 0 amide bonds. The van der Waals surface area contributed by atoms with Gasteiger partial charge in [0.05, 0.1) is 36.7 Å². The third-order valence-corrected chi connectivity index (χ3v) is 4.17. The topological polar surface area (TPSA) is 55.1 Å². The van der Waals surface area contributed by atoms with Crippen LogP contribution in [0.5, 0.6) is 11.5 Å². The van der Waals surface area contributed by atoms with Crippen LogP contribution < -0.4 is 9.47 Å². The van der Waals surface area contributed by atoms with Gasteiger partial charge in [-0.1, -0.05) is 30.3 Å². The number of benzene rings is 1. The van der Waals surface area contributed by atoms with E-state index in [2.05, 4.69) is 11.1 Å². The van der Waals surface area contributed by atoms with Gasteiger partial charge >= 0.3 is 0 Å². The van der Waals surface area contributed by atoms with Crippen molar-refractivity contribution in [2.75, 3.05) is 7.11 Å². The lowest BCUT2D eigenvalue weighted by molar-refractivity contribution is 0.200. The van der Waals surface area contributed by atoms with Crippen molar-refractivity contribution in [3.05, 3.63) is 53.9 Å². The van der Waals surface area contributed by atoms with Crippen molar-refractivity contribution in [3.8, 4) is 17.6 Å². The highest BCUT2D eigenvalue weighted by molar-refractivity contribution is 5.89. The van der Waals surface area contributed by atoms with Gasteiger partial charge in [0.2, 0.25) is 0 Å². The summed E-state index contributed by atoms with van der Waals surface area (Å²) in [5.74, 6) is 1.31. The summed E-state index contributed by atoms with van der Waals surface area (Å²) in [6.45, 7) is 0. The van der Waals surface area contributed by atoms with E-state index in [0.29, 0.717) is 22.8 Å². The first-order valence-electron chi connectivity index (χ1n) is 8.18. The molecule has 0 atom stereocenters. The fraction of sp³-hybridized carbons (Fsp3) is 0.300. The average molecular weight is 320 g/mol. The maximum absolute atomic E-state index is 9.44. The molecule has 1 aliphatic carbocycles. The number of nitriles is 1. The molecule has 1 fully saturated rings. The summed E-state index contributed by atoms with van der Waals surface area (Å²) in [7, 11) is 1.61. The Morgan fingerprint density at radius 1 is 1.21 bits per heavy atom. The summed E-state index contributed by atoms with van der Waals surface area (Å²) < 4.78 is 11.4. The molecule has 0 bridgehead atoms. The van der Waals surface area contributed by atoms with E-state index in [-0.39, 0.29) is 6.10 Å². The van der Waals surface area contributed by atoms with Crippen LogP contribution in [0.3, 0.4) is 0 Å². The first-order valence-corrected chi connectivity index (χ1v) is 8.18. The fourth-order valence-electron chi connectivity index (χ4n) is 2.90. The van der Waals surface area contributed by atoms with Gasteiger partial charge in [0, 0.05) is 6.07 Å². The van der Waals surface area contributed by atoms with Crippen molar-refractivity contribution in [2.45, 2.75) is 31.8 Å². The van der Waals surface area contributed by atoms with E-state index in [1.165, 1.54) is 12.8 Å². The predicted molar refractivity (Wildman–Crippen MR) is 93.6 cm³/mol. The van der Waals surface area contributed by atoms with Gasteiger partial charge in [0.1, 0.15) is 0 Å². The fourth-order valence-corrected chi connectivity index (χ4v) is 2.90. The molecule has 0 aliphatic heterocycles. The molecule has 122 valence electrons. The molecule has 24 heavy (non-hydrogen) atoms. The lowest BCUT2D eigenvalue weighted by Gasteiger charge is -2.16. The van der Waals surface area contributed by atoms with E-state index in [1.54, 1.807) is 19.4 Å². The number of aromatic nitrogens is 1. The second-order valence-electron chi connectivity index (χ2n) is 5.82. The molecule has 1 aromatic carbocycles. The van der Waals surface area contributed by atoms with Gasteiger partial charge in [-0.15, -0.1) is 0 Å². The third-order valence-electron chi connectivity index (χ3n) is 4.17. The number of hydrogen-bond acceptors (Lipinski definition) is 4. The summed E-state index contributed by atoms with van der Waals surface area (Å²) in [6, 6.07) is 13.7. The van der Waals surface area contributed by atoms with Gasteiger partial charge in [0.15, 0.2) is 11.5 Å². The summed E-state index contributed by atoms with van der Waals surface area (Å²) >= 11 is 0. The van der Waals surface area contributed by atoms with E-state index < -0.39 is 0 Å². The van der Waals surface area contributed by atoms with E-state index in [1.807, 2.05) is 36.4 Å². The third kappa shape index (κ3) is 3.75. The minimum absolute atomic E-state index is 0.239. The molecule has 0 N–H and O–H groups in total. The lowest BCUT2D eigenvalue weighted by Crippen LogP contribution is -2.11. The SMILES string of the molecule is COc1cnc(/C=C(\C#N)c2ccccc2)cc1OC1CCCC1. The van der Waals surface area contributed by atoms with Gasteiger partial charge in [0.25, 0.3) is 0 Å². The van der Waals surface area contributed by atoms with Crippen LogP contribution in [0.2, 0.25) is 0 Å². The molecule has 1 heterocycles. The highest BCUT2D eigenvalue weighted by Gasteiger charge is 2.19. The van der Waals surface area contributed by atoms with Crippen molar-refractivity contribution in [1.29, 1.82) is 5.26 Å². The molecule has 2 aromatic rings. The van der Waals surface area contributed by atoms with Gasteiger partial charge in [-0.25, -0.2) is 0 Å². The van der Waals surface area contributed by atoms with Crippen LogP contribution in [0.4, 0.5) is 0 Å². The number of methoxy groups -OCH3 is 1. The Hall–Kier alpha value is -2.80. The molecule has 0 radical (unpaired) electrons. The molecule has 0 unspecified atom stereocenters. The van der Waals surface area contributed by atoms with Gasteiger partial charge < -0.3 is 9.47 Å². The molecule has 1 aromatic heterocycles. The van der Waals surface area contributed by atoms with E-state index >= 15 is 0 Å². The maximum atomic E-state index is 9.44. The van der Waals surface area contributed by atoms with Crippen LogP contribution in [0.1, 0.15) is 36.9 Å². The van der Waals surface area contributed by atoms with Gasteiger partial charge in [-0.05, 0) is 37.3 Å². The van der Waals surface area contributed by atoms with Crippen LogP contribution in [0.25, 0.3) is 11.6 Å². The molecular formula is C20H20N2O2. The number of pyridine rings is 1. The highest BCUT2D eigenvalue weighted by atomic mass is 16.5. The largest absolute Gasteiger partial charge is 0.491 e. The molecule has 0 saturated heterocycles. The maximum Gasteiger partial charge on any atom is 0.179 e. The second-order valence-corrected chi connectivity index (χ2v) is 5.82. The molecule has 4 heteroatoms. The molecule has 1 aliphatic rings. The smallest absolute Gasteiger partial charge is 0.179 e. The summed E-state index contributed by atoms with van der Waals surface area (Å²) in [5, 5.41) is 9.44. The lowest BCUT2D eigenvalue weighted by atomic mass is 10.1. The van der Waals surface area contributed by atoms with Crippen LogP contribution in [-0.4, -0.2) is 18.2 Å². The van der Waals surface area contributed by atoms with Crippen molar-refractivity contribution < 1.29 is 9.47 Å². The van der Waals surface area contributed by atoms with Crippen molar-refractivity contribution in [1.82, 2.24) is 4.98 Å². The first-order chi connectivity index (χ1) is 11.8. The summed E-state index contributed by atoms with van der Waals surface area (Å²) in [4.78, 5) is 4.37. The number of hydrogen-bond donors (Lipinski definition) is 0. The second kappa shape index (κ2) is 7.65. The number of nitrogens with zero attached hydrogens (tertiary/aromatic N) is 2. The monoisotopic (exact) mass is 320 g/mol. The average Bonchev–Trinajstić information content (AvgIpc) is 3.14. The standard InChI is InChI=1S/C20H20N2O2/c1-23-20-14-22-17(12-19(20)24-18-9-5-6-10-18)11-16(13-21)15-7-3-2-4-8-15/h2-4,7-8,11-12,14,18H,5-6,9-10H2,1H3/b16-11+. The predicted octanol–water partition coefficient (Wildman–Crippen LogP) is 4.48. The quantitative estimate of drug-likeness (QED) is 0.762.